The van der Waals surface area contributed by atoms with Crippen molar-refractivity contribution in [2.45, 2.75) is 58.5 Å². The number of hydrogen-bond donors (Lipinski definition) is 2. The third-order valence-electron chi connectivity index (χ3n) is 4.39. The number of carbonyl (C=O) groups is 1. The van der Waals surface area contributed by atoms with Crippen LogP contribution in [-0.2, 0) is 11.2 Å². The van der Waals surface area contributed by atoms with E-state index in [1.165, 1.54) is 0 Å². The Morgan fingerprint density at radius 3 is 3.00 bits per heavy atom. The van der Waals surface area contributed by atoms with E-state index < -0.39 is 0 Å². The predicted octanol–water partition coefficient (Wildman–Crippen LogP) is 2.17. The first-order valence-corrected chi connectivity index (χ1v) is 9.00. The molecule has 1 amide bonds. The second-order valence-electron chi connectivity index (χ2n) is 6.34. The monoisotopic (exact) mass is 334 g/mol. The summed E-state index contributed by atoms with van der Waals surface area (Å²) in [5.74, 6) is 2.00. The van der Waals surface area contributed by atoms with E-state index in [-0.39, 0.29) is 11.9 Å². The molecule has 0 aromatic carbocycles. The van der Waals surface area contributed by atoms with Crippen molar-refractivity contribution in [3.05, 3.63) is 24.2 Å². The normalized spacial score (nSPS) is 19.4. The van der Waals surface area contributed by atoms with E-state index in [1.54, 1.807) is 6.26 Å². The van der Waals surface area contributed by atoms with Crippen molar-refractivity contribution >= 4 is 11.9 Å². The van der Waals surface area contributed by atoms with Crippen LogP contribution in [0.25, 0.3) is 0 Å². The average Bonchev–Trinajstić information content (AvgIpc) is 3.25. The van der Waals surface area contributed by atoms with Crippen LogP contribution in [0.3, 0.4) is 0 Å². The number of rotatable bonds is 7. The summed E-state index contributed by atoms with van der Waals surface area (Å²) in [4.78, 5) is 18.4. The number of likely N-dealkylation sites (tertiary alicyclic amines) is 1. The van der Waals surface area contributed by atoms with E-state index in [1.807, 2.05) is 24.0 Å². The standard InChI is InChI=1S/C18H30N4O2/c1-4-14(3)20-18(19-10-8-16-7-6-12-24-16)21-15-9-11-22(13-15)17(23)5-2/h6-7,12,14-15H,4-5,8-11,13H2,1-3H3,(H2,19,20,21). The number of nitrogens with one attached hydrogen (secondary N) is 2. The lowest BCUT2D eigenvalue weighted by Gasteiger charge is -2.21. The number of hydrogen-bond acceptors (Lipinski definition) is 3. The van der Waals surface area contributed by atoms with Crippen LogP contribution < -0.4 is 10.6 Å². The second-order valence-corrected chi connectivity index (χ2v) is 6.34. The molecule has 2 unspecified atom stereocenters. The highest BCUT2D eigenvalue weighted by molar-refractivity contribution is 5.81. The Balaban J connectivity index is 1.89. The summed E-state index contributed by atoms with van der Waals surface area (Å²) in [5, 5.41) is 6.92. The van der Waals surface area contributed by atoms with Gasteiger partial charge in [0.25, 0.3) is 0 Å². The minimum absolute atomic E-state index is 0.227. The van der Waals surface area contributed by atoms with Gasteiger partial charge in [0.05, 0.1) is 6.26 Å². The second kappa shape index (κ2) is 9.35. The zero-order valence-electron chi connectivity index (χ0n) is 15.0. The quantitative estimate of drug-likeness (QED) is 0.592. The van der Waals surface area contributed by atoms with E-state index in [9.17, 15) is 4.79 Å². The molecule has 1 aromatic rings. The van der Waals surface area contributed by atoms with Crippen LogP contribution in [0.2, 0.25) is 0 Å². The van der Waals surface area contributed by atoms with E-state index in [4.69, 9.17) is 4.42 Å². The van der Waals surface area contributed by atoms with Crippen LogP contribution in [0.5, 0.6) is 0 Å². The first-order valence-electron chi connectivity index (χ1n) is 9.00. The Kier molecular flexibility index (Phi) is 7.15. The number of carbonyl (C=O) groups excluding carboxylic acids is 1. The van der Waals surface area contributed by atoms with Gasteiger partial charge in [0.1, 0.15) is 5.76 Å². The molecule has 2 heterocycles. The maximum absolute atomic E-state index is 11.8. The van der Waals surface area contributed by atoms with Gasteiger partial charge in [-0.25, -0.2) is 0 Å². The number of guanidine groups is 1. The third-order valence-corrected chi connectivity index (χ3v) is 4.39. The molecule has 2 N–H and O–H groups in total. The summed E-state index contributed by atoms with van der Waals surface area (Å²) in [5.41, 5.74) is 0. The van der Waals surface area contributed by atoms with Crippen LogP contribution in [0.1, 0.15) is 45.8 Å². The lowest BCUT2D eigenvalue weighted by atomic mass is 10.2. The van der Waals surface area contributed by atoms with E-state index in [0.717, 1.165) is 44.1 Å². The van der Waals surface area contributed by atoms with Gasteiger partial charge in [0, 0.05) is 44.6 Å². The van der Waals surface area contributed by atoms with E-state index in [0.29, 0.717) is 19.0 Å². The van der Waals surface area contributed by atoms with Gasteiger partial charge in [-0.2, -0.15) is 0 Å². The van der Waals surface area contributed by atoms with Gasteiger partial charge in [-0.15, -0.1) is 0 Å². The molecule has 6 heteroatoms. The van der Waals surface area contributed by atoms with Gasteiger partial charge in [-0.1, -0.05) is 13.8 Å². The molecule has 0 aliphatic carbocycles. The van der Waals surface area contributed by atoms with Crippen molar-refractivity contribution in [2.75, 3.05) is 19.6 Å². The Labute approximate surface area is 144 Å². The SMILES string of the molecule is CCC(=O)N1CCC(NC(=NCCc2ccco2)NC(C)CC)C1. The lowest BCUT2D eigenvalue weighted by molar-refractivity contribution is -0.129. The minimum Gasteiger partial charge on any atom is -0.469 e. The molecule has 1 saturated heterocycles. The number of furan rings is 1. The zero-order chi connectivity index (χ0) is 17.4. The highest BCUT2D eigenvalue weighted by Crippen LogP contribution is 2.10. The predicted molar refractivity (Wildman–Crippen MR) is 96.0 cm³/mol. The summed E-state index contributed by atoms with van der Waals surface area (Å²) >= 11 is 0. The first-order chi connectivity index (χ1) is 11.6. The highest BCUT2D eigenvalue weighted by atomic mass is 16.3. The molecule has 1 aliphatic heterocycles. The van der Waals surface area contributed by atoms with Crippen LogP contribution in [0, 0.1) is 0 Å². The van der Waals surface area contributed by atoms with Crippen LogP contribution in [-0.4, -0.2) is 48.5 Å². The van der Waals surface area contributed by atoms with Crippen molar-refractivity contribution in [1.82, 2.24) is 15.5 Å². The molecular formula is C18H30N4O2. The van der Waals surface area contributed by atoms with Gasteiger partial charge in [0.2, 0.25) is 5.91 Å². The van der Waals surface area contributed by atoms with Crippen LogP contribution in [0.15, 0.2) is 27.8 Å². The molecular weight excluding hydrogens is 304 g/mol. The smallest absolute Gasteiger partial charge is 0.222 e. The van der Waals surface area contributed by atoms with Crippen molar-refractivity contribution < 1.29 is 9.21 Å². The van der Waals surface area contributed by atoms with Crippen molar-refractivity contribution in [3.63, 3.8) is 0 Å². The Hall–Kier alpha value is -1.98. The fourth-order valence-corrected chi connectivity index (χ4v) is 2.72. The number of amides is 1. The van der Waals surface area contributed by atoms with Gasteiger partial charge >= 0.3 is 0 Å². The molecule has 1 aromatic heterocycles. The molecule has 1 aliphatic rings. The lowest BCUT2D eigenvalue weighted by Crippen LogP contribution is -2.47. The highest BCUT2D eigenvalue weighted by Gasteiger charge is 2.26. The molecule has 6 nitrogen and oxygen atoms in total. The molecule has 134 valence electrons. The molecule has 24 heavy (non-hydrogen) atoms. The molecule has 0 spiro atoms. The molecule has 1 fully saturated rings. The summed E-state index contributed by atoms with van der Waals surface area (Å²) in [6.07, 6.45) is 5.04. The fraction of sp³-hybridized carbons (Fsp3) is 0.667. The minimum atomic E-state index is 0.227. The zero-order valence-corrected chi connectivity index (χ0v) is 15.0. The molecule has 0 radical (unpaired) electrons. The maximum Gasteiger partial charge on any atom is 0.222 e. The summed E-state index contributed by atoms with van der Waals surface area (Å²) < 4.78 is 5.35. The average molecular weight is 334 g/mol. The number of nitrogens with zero attached hydrogens (tertiary/aromatic N) is 2. The van der Waals surface area contributed by atoms with Crippen molar-refractivity contribution in [3.8, 4) is 0 Å². The Morgan fingerprint density at radius 2 is 2.33 bits per heavy atom. The summed E-state index contributed by atoms with van der Waals surface area (Å²) in [6.45, 7) is 8.46. The third kappa shape index (κ3) is 5.58. The maximum atomic E-state index is 11.8. The van der Waals surface area contributed by atoms with E-state index in [2.05, 4.69) is 29.5 Å². The van der Waals surface area contributed by atoms with E-state index >= 15 is 0 Å². The summed E-state index contributed by atoms with van der Waals surface area (Å²) in [7, 11) is 0. The molecule has 0 bridgehead atoms. The van der Waals surface area contributed by atoms with Crippen molar-refractivity contribution in [2.24, 2.45) is 4.99 Å². The summed E-state index contributed by atoms with van der Waals surface area (Å²) in [6, 6.07) is 4.48. The van der Waals surface area contributed by atoms with Crippen LogP contribution in [0.4, 0.5) is 0 Å². The Morgan fingerprint density at radius 1 is 1.50 bits per heavy atom. The fourth-order valence-electron chi connectivity index (χ4n) is 2.72. The first kappa shape index (κ1) is 18.4. The van der Waals surface area contributed by atoms with Gasteiger partial charge in [-0.05, 0) is 31.9 Å². The van der Waals surface area contributed by atoms with Gasteiger partial charge < -0.3 is 20.0 Å². The van der Waals surface area contributed by atoms with Crippen molar-refractivity contribution in [1.29, 1.82) is 0 Å². The number of aliphatic imine (C=N–C) groups is 1. The molecule has 0 saturated carbocycles. The van der Waals surface area contributed by atoms with Gasteiger partial charge in [0.15, 0.2) is 5.96 Å². The van der Waals surface area contributed by atoms with Crippen LogP contribution >= 0.6 is 0 Å². The van der Waals surface area contributed by atoms with Gasteiger partial charge in [-0.3, -0.25) is 9.79 Å². The largest absolute Gasteiger partial charge is 0.469 e. The topological polar surface area (TPSA) is 69.9 Å². The Bertz CT molecular complexity index is 527. The molecule has 2 rings (SSSR count). The molecule has 2 atom stereocenters.